The van der Waals surface area contributed by atoms with Crippen LogP contribution in [0.3, 0.4) is 0 Å². The van der Waals surface area contributed by atoms with Crippen molar-refractivity contribution in [3.63, 3.8) is 0 Å². The molecule has 0 spiro atoms. The molecule has 14 heavy (non-hydrogen) atoms. The maximum atomic E-state index is 10.2. The Morgan fingerprint density at radius 1 is 1.50 bits per heavy atom. The lowest BCUT2D eigenvalue weighted by Crippen LogP contribution is -1.95. The van der Waals surface area contributed by atoms with Gasteiger partial charge in [-0.2, -0.15) is 0 Å². The highest BCUT2D eigenvalue weighted by atomic mass is 32.1. The molecular weight excluding hydrogens is 196 g/mol. The summed E-state index contributed by atoms with van der Waals surface area (Å²) >= 11 is 1.64. The number of fused-ring (bicyclic) bond motifs is 1. The van der Waals surface area contributed by atoms with Crippen LogP contribution < -0.4 is 11.1 Å². The average molecular weight is 206 g/mol. The molecule has 0 saturated heterocycles. The molecular formula is C10H10N2OS. The Kier molecular flexibility index (Phi) is 2.47. The van der Waals surface area contributed by atoms with E-state index in [9.17, 15) is 4.79 Å². The maximum Gasteiger partial charge on any atom is 0.211 e. The molecule has 0 fully saturated rings. The second-order valence-electron chi connectivity index (χ2n) is 2.94. The van der Waals surface area contributed by atoms with E-state index < -0.39 is 0 Å². The van der Waals surface area contributed by atoms with Gasteiger partial charge in [-0.3, -0.25) is 4.79 Å². The van der Waals surface area contributed by atoms with Gasteiger partial charge in [0.15, 0.2) is 0 Å². The van der Waals surface area contributed by atoms with E-state index in [-0.39, 0.29) is 0 Å². The largest absolute Gasteiger partial charge is 0.329 e. The number of amides is 1. The van der Waals surface area contributed by atoms with E-state index in [1.807, 2.05) is 18.2 Å². The van der Waals surface area contributed by atoms with Crippen molar-refractivity contribution < 1.29 is 4.79 Å². The van der Waals surface area contributed by atoms with Gasteiger partial charge >= 0.3 is 0 Å². The summed E-state index contributed by atoms with van der Waals surface area (Å²) in [5, 5.41) is 5.85. The van der Waals surface area contributed by atoms with E-state index in [4.69, 9.17) is 5.73 Å². The van der Waals surface area contributed by atoms with Crippen molar-refractivity contribution in [2.75, 3.05) is 5.32 Å². The van der Waals surface area contributed by atoms with Crippen molar-refractivity contribution >= 4 is 33.5 Å². The number of carbonyl (C=O) groups is 1. The van der Waals surface area contributed by atoms with E-state index in [0.29, 0.717) is 13.0 Å². The topological polar surface area (TPSA) is 55.1 Å². The summed E-state index contributed by atoms with van der Waals surface area (Å²) < 4.78 is 1.15. The molecule has 1 heterocycles. The van der Waals surface area contributed by atoms with Gasteiger partial charge in [-0.15, -0.1) is 11.3 Å². The zero-order chi connectivity index (χ0) is 9.97. The number of thiophene rings is 1. The molecule has 0 bridgehead atoms. The van der Waals surface area contributed by atoms with Gasteiger partial charge in [0.05, 0.1) is 0 Å². The van der Waals surface area contributed by atoms with Crippen LogP contribution in [0.1, 0.15) is 5.56 Å². The van der Waals surface area contributed by atoms with Gasteiger partial charge < -0.3 is 11.1 Å². The number of benzene rings is 1. The van der Waals surface area contributed by atoms with Crippen LogP contribution in [0.2, 0.25) is 0 Å². The van der Waals surface area contributed by atoms with Crippen molar-refractivity contribution in [1.29, 1.82) is 0 Å². The molecule has 0 saturated carbocycles. The fourth-order valence-corrected chi connectivity index (χ4v) is 2.41. The minimum atomic E-state index is 0.556. The highest BCUT2D eigenvalue weighted by Gasteiger charge is 2.02. The fraction of sp³-hybridized carbons (Fsp3) is 0.100. The SMILES string of the molecule is NCc1csc2cc(NC=O)ccc12. The number of anilines is 1. The van der Waals surface area contributed by atoms with Crippen molar-refractivity contribution in [3.05, 3.63) is 29.1 Å². The third kappa shape index (κ3) is 1.49. The molecule has 3 N–H and O–H groups in total. The molecule has 0 aliphatic rings. The molecule has 2 rings (SSSR count). The summed E-state index contributed by atoms with van der Waals surface area (Å²) in [5.41, 5.74) is 7.56. The monoisotopic (exact) mass is 206 g/mol. The lowest BCUT2D eigenvalue weighted by Gasteiger charge is -1.98. The Morgan fingerprint density at radius 2 is 2.36 bits per heavy atom. The lowest BCUT2D eigenvalue weighted by molar-refractivity contribution is -0.105. The molecule has 1 aromatic heterocycles. The van der Waals surface area contributed by atoms with Crippen LogP contribution in [-0.4, -0.2) is 6.41 Å². The predicted molar refractivity (Wildman–Crippen MR) is 59.4 cm³/mol. The Balaban J connectivity index is 2.51. The Bertz CT molecular complexity index is 464. The summed E-state index contributed by atoms with van der Waals surface area (Å²) in [5.74, 6) is 0. The first kappa shape index (κ1) is 9.18. The summed E-state index contributed by atoms with van der Waals surface area (Å²) in [6.45, 7) is 0.556. The first-order chi connectivity index (χ1) is 6.85. The minimum Gasteiger partial charge on any atom is -0.329 e. The molecule has 2 aromatic rings. The number of carbonyl (C=O) groups excluding carboxylic acids is 1. The second kappa shape index (κ2) is 3.77. The number of hydrogen-bond donors (Lipinski definition) is 2. The molecule has 0 aliphatic heterocycles. The summed E-state index contributed by atoms with van der Waals surface area (Å²) in [6, 6.07) is 5.82. The van der Waals surface area contributed by atoms with E-state index >= 15 is 0 Å². The van der Waals surface area contributed by atoms with Gasteiger partial charge in [0, 0.05) is 16.9 Å². The average Bonchev–Trinajstić information content (AvgIpc) is 2.60. The third-order valence-electron chi connectivity index (χ3n) is 2.10. The summed E-state index contributed by atoms with van der Waals surface area (Å²) in [7, 11) is 0. The van der Waals surface area contributed by atoms with Gasteiger partial charge in [-0.25, -0.2) is 0 Å². The van der Waals surface area contributed by atoms with Crippen LogP contribution in [0, 0.1) is 0 Å². The van der Waals surface area contributed by atoms with Gasteiger partial charge in [0.25, 0.3) is 0 Å². The molecule has 4 heteroatoms. The second-order valence-corrected chi connectivity index (χ2v) is 3.85. The Labute approximate surface area is 85.5 Å². The smallest absolute Gasteiger partial charge is 0.211 e. The zero-order valence-electron chi connectivity index (χ0n) is 7.49. The van der Waals surface area contributed by atoms with Crippen LogP contribution in [0.4, 0.5) is 5.69 Å². The van der Waals surface area contributed by atoms with E-state index in [1.54, 1.807) is 11.3 Å². The van der Waals surface area contributed by atoms with E-state index in [1.165, 1.54) is 5.39 Å². The molecule has 1 aromatic carbocycles. The zero-order valence-corrected chi connectivity index (χ0v) is 8.30. The van der Waals surface area contributed by atoms with Crippen LogP contribution in [0.5, 0.6) is 0 Å². The van der Waals surface area contributed by atoms with Gasteiger partial charge in [-0.05, 0) is 28.5 Å². The highest BCUT2D eigenvalue weighted by molar-refractivity contribution is 7.17. The van der Waals surface area contributed by atoms with Crippen molar-refractivity contribution in [2.24, 2.45) is 5.73 Å². The molecule has 0 unspecified atom stereocenters. The number of nitrogens with one attached hydrogen (secondary N) is 1. The normalized spacial score (nSPS) is 10.4. The van der Waals surface area contributed by atoms with Gasteiger partial charge in [0.1, 0.15) is 0 Å². The summed E-state index contributed by atoms with van der Waals surface area (Å²) in [4.78, 5) is 10.2. The molecule has 72 valence electrons. The van der Waals surface area contributed by atoms with E-state index in [2.05, 4.69) is 10.7 Å². The van der Waals surface area contributed by atoms with Gasteiger partial charge in [-0.1, -0.05) is 6.07 Å². The van der Waals surface area contributed by atoms with Crippen LogP contribution in [0.25, 0.3) is 10.1 Å². The first-order valence-electron chi connectivity index (χ1n) is 4.25. The first-order valence-corrected chi connectivity index (χ1v) is 5.13. The van der Waals surface area contributed by atoms with Crippen molar-refractivity contribution in [1.82, 2.24) is 0 Å². The van der Waals surface area contributed by atoms with Crippen molar-refractivity contribution in [3.8, 4) is 0 Å². The van der Waals surface area contributed by atoms with E-state index in [0.717, 1.165) is 16.0 Å². The Morgan fingerprint density at radius 3 is 3.07 bits per heavy atom. The summed E-state index contributed by atoms with van der Waals surface area (Å²) in [6.07, 6.45) is 0.679. The predicted octanol–water partition coefficient (Wildman–Crippen LogP) is 1.93. The number of hydrogen-bond acceptors (Lipinski definition) is 3. The van der Waals surface area contributed by atoms with Gasteiger partial charge in [0.2, 0.25) is 6.41 Å². The van der Waals surface area contributed by atoms with Crippen LogP contribution in [-0.2, 0) is 11.3 Å². The maximum absolute atomic E-state index is 10.2. The molecule has 0 aliphatic carbocycles. The highest BCUT2D eigenvalue weighted by Crippen LogP contribution is 2.28. The lowest BCUT2D eigenvalue weighted by atomic mass is 10.1. The number of rotatable bonds is 3. The number of nitrogens with two attached hydrogens (primary N) is 1. The van der Waals surface area contributed by atoms with Crippen molar-refractivity contribution in [2.45, 2.75) is 6.54 Å². The standard InChI is InChI=1S/C10H10N2OS/c11-4-7-5-14-10-3-8(12-6-13)1-2-9(7)10/h1-3,5-6H,4,11H2,(H,12,13). The molecule has 1 amide bonds. The Hall–Kier alpha value is -1.39. The quantitative estimate of drug-likeness (QED) is 0.754. The third-order valence-corrected chi connectivity index (χ3v) is 3.10. The molecule has 3 nitrogen and oxygen atoms in total. The van der Waals surface area contributed by atoms with Crippen LogP contribution >= 0.6 is 11.3 Å². The minimum absolute atomic E-state index is 0.556. The van der Waals surface area contributed by atoms with Crippen LogP contribution in [0.15, 0.2) is 23.6 Å². The molecule has 0 radical (unpaired) electrons. The molecule has 0 atom stereocenters. The fourth-order valence-electron chi connectivity index (χ4n) is 1.40.